The van der Waals surface area contributed by atoms with Crippen LogP contribution >= 0.6 is 11.6 Å². The van der Waals surface area contributed by atoms with Gasteiger partial charge in [-0.1, -0.05) is 17.7 Å². The largest absolute Gasteiger partial charge is 0.375 e. The SMILES string of the molecule is CS(=O)(=O)c1cccc(NC2CCN(c3ccc(F)c(Cl)c3)C2)c1[N+](=O)[O-]. The molecule has 3 rings (SSSR count). The van der Waals surface area contributed by atoms with Gasteiger partial charge >= 0.3 is 5.69 Å². The van der Waals surface area contributed by atoms with Gasteiger partial charge in [0.15, 0.2) is 9.84 Å². The summed E-state index contributed by atoms with van der Waals surface area (Å²) in [6, 6.07) is 8.49. The topological polar surface area (TPSA) is 92.6 Å². The van der Waals surface area contributed by atoms with Gasteiger partial charge in [0.05, 0.1) is 9.95 Å². The minimum atomic E-state index is -3.74. The number of nitro benzene ring substituents is 1. The van der Waals surface area contributed by atoms with Gasteiger partial charge in [0.1, 0.15) is 16.4 Å². The molecule has 0 saturated carbocycles. The third kappa shape index (κ3) is 4.14. The number of nitro groups is 1. The average Bonchev–Trinajstić information content (AvgIpc) is 3.04. The molecule has 0 aromatic heterocycles. The third-order valence-electron chi connectivity index (χ3n) is 4.40. The molecule has 1 unspecified atom stereocenters. The molecule has 1 fully saturated rings. The molecule has 144 valence electrons. The van der Waals surface area contributed by atoms with Gasteiger partial charge in [-0.05, 0) is 36.8 Å². The first kappa shape index (κ1) is 19.4. The van der Waals surface area contributed by atoms with Crippen molar-refractivity contribution in [1.82, 2.24) is 0 Å². The first-order chi connectivity index (χ1) is 12.7. The van der Waals surface area contributed by atoms with E-state index in [-0.39, 0.29) is 21.6 Å². The average molecular weight is 414 g/mol. The van der Waals surface area contributed by atoms with Crippen LogP contribution in [0.25, 0.3) is 0 Å². The number of nitrogens with zero attached hydrogens (tertiary/aromatic N) is 2. The molecule has 1 aliphatic rings. The van der Waals surface area contributed by atoms with Crippen LogP contribution in [0.3, 0.4) is 0 Å². The second-order valence-electron chi connectivity index (χ2n) is 6.36. The highest BCUT2D eigenvalue weighted by Crippen LogP contribution is 2.34. The van der Waals surface area contributed by atoms with E-state index in [1.165, 1.54) is 30.3 Å². The molecule has 0 aliphatic carbocycles. The van der Waals surface area contributed by atoms with Crippen molar-refractivity contribution < 1.29 is 17.7 Å². The predicted molar refractivity (Wildman–Crippen MR) is 102 cm³/mol. The number of benzene rings is 2. The highest BCUT2D eigenvalue weighted by molar-refractivity contribution is 7.90. The smallest absolute Gasteiger partial charge is 0.310 e. The summed E-state index contributed by atoms with van der Waals surface area (Å²) in [7, 11) is -3.74. The summed E-state index contributed by atoms with van der Waals surface area (Å²) in [6.07, 6.45) is 1.62. The second-order valence-corrected chi connectivity index (χ2v) is 8.75. The zero-order valence-electron chi connectivity index (χ0n) is 14.4. The molecule has 0 radical (unpaired) electrons. The minimum Gasteiger partial charge on any atom is -0.375 e. The van der Waals surface area contributed by atoms with E-state index in [0.29, 0.717) is 19.5 Å². The number of sulfone groups is 1. The van der Waals surface area contributed by atoms with Crippen molar-refractivity contribution in [2.24, 2.45) is 0 Å². The summed E-state index contributed by atoms with van der Waals surface area (Å²) in [4.78, 5) is 12.4. The van der Waals surface area contributed by atoms with Gasteiger partial charge in [0, 0.05) is 31.1 Å². The maximum atomic E-state index is 13.3. The Kier molecular flexibility index (Phi) is 5.25. The van der Waals surface area contributed by atoms with Gasteiger partial charge in [0.2, 0.25) is 0 Å². The third-order valence-corrected chi connectivity index (χ3v) is 5.82. The molecule has 7 nitrogen and oxygen atoms in total. The molecule has 0 spiro atoms. The number of hydrogen-bond donors (Lipinski definition) is 1. The van der Waals surface area contributed by atoms with Crippen LogP contribution in [0.15, 0.2) is 41.3 Å². The molecular weight excluding hydrogens is 397 g/mol. The van der Waals surface area contributed by atoms with E-state index in [4.69, 9.17) is 11.6 Å². The molecule has 27 heavy (non-hydrogen) atoms. The van der Waals surface area contributed by atoms with Crippen molar-refractivity contribution in [2.75, 3.05) is 29.6 Å². The maximum absolute atomic E-state index is 13.3. The summed E-state index contributed by atoms with van der Waals surface area (Å²) in [6.45, 7) is 1.17. The first-order valence-corrected chi connectivity index (χ1v) is 10.4. The molecule has 10 heteroatoms. The van der Waals surface area contributed by atoms with Crippen molar-refractivity contribution in [3.05, 3.63) is 57.4 Å². The molecule has 1 saturated heterocycles. The fraction of sp³-hybridized carbons (Fsp3) is 0.294. The first-order valence-electron chi connectivity index (χ1n) is 8.11. The quantitative estimate of drug-likeness (QED) is 0.596. The van der Waals surface area contributed by atoms with Crippen LogP contribution in [0.1, 0.15) is 6.42 Å². The van der Waals surface area contributed by atoms with Gasteiger partial charge in [-0.15, -0.1) is 0 Å². The molecule has 1 N–H and O–H groups in total. The number of hydrogen-bond acceptors (Lipinski definition) is 6. The van der Waals surface area contributed by atoms with E-state index in [1.807, 2.05) is 4.90 Å². The van der Waals surface area contributed by atoms with Crippen molar-refractivity contribution in [3.63, 3.8) is 0 Å². The predicted octanol–water partition coefficient (Wildman–Crippen LogP) is 3.48. The zero-order valence-corrected chi connectivity index (χ0v) is 15.9. The van der Waals surface area contributed by atoms with Crippen LogP contribution in [0.2, 0.25) is 5.02 Å². The van der Waals surface area contributed by atoms with E-state index < -0.39 is 26.3 Å². The van der Waals surface area contributed by atoms with E-state index in [2.05, 4.69) is 5.32 Å². The number of rotatable bonds is 5. The van der Waals surface area contributed by atoms with Gasteiger partial charge in [-0.2, -0.15) is 0 Å². The molecule has 1 aliphatic heterocycles. The minimum absolute atomic E-state index is 0.0281. The number of anilines is 2. The van der Waals surface area contributed by atoms with Crippen LogP contribution in [0.4, 0.5) is 21.5 Å². The summed E-state index contributed by atoms with van der Waals surface area (Å²) >= 11 is 5.83. The molecule has 2 aromatic carbocycles. The highest BCUT2D eigenvalue weighted by Gasteiger charge is 2.29. The molecule has 2 aromatic rings. The van der Waals surface area contributed by atoms with Crippen molar-refractivity contribution in [1.29, 1.82) is 0 Å². The standard InChI is InChI=1S/C17H17ClFN3O4S/c1-27(25,26)16-4-2-3-15(17(16)22(23)24)20-11-7-8-21(10-11)12-5-6-14(19)13(18)9-12/h2-6,9,11,20H,7-8,10H2,1H3. The number of halogens is 2. The van der Waals surface area contributed by atoms with E-state index >= 15 is 0 Å². The van der Waals surface area contributed by atoms with E-state index in [0.717, 1.165) is 11.9 Å². The lowest BCUT2D eigenvalue weighted by molar-refractivity contribution is -0.386. The molecule has 0 bridgehead atoms. The summed E-state index contributed by atoms with van der Waals surface area (Å²) in [5.74, 6) is -0.498. The number of nitrogens with one attached hydrogen (secondary N) is 1. The maximum Gasteiger partial charge on any atom is 0.310 e. The zero-order chi connectivity index (χ0) is 19.8. The van der Waals surface area contributed by atoms with Gasteiger partial charge in [-0.3, -0.25) is 10.1 Å². The van der Waals surface area contributed by atoms with Crippen LogP contribution in [0.5, 0.6) is 0 Å². The highest BCUT2D eigenvalue weighted by atomic mass is 35.5. The Morgan fingerprint density at radius 1 is 1.33 bits per heavy atom. The Bertz CT molecular complexity index is 1000. The van der Waals surface area contributed by atoms with Crippen molar-refractivity contribution >= 4 is 38.5 Å². The fourth-order valence-corrected chi connectivity index (χ4v) is 4.18. The van der Waals surface area contributed by atoms with Crippen LogP contribution in [0, 0.1) is 15.9 Å². The Balaban J connectivity index is 1.83. The molecule has 0 amide bonds. The Morgan fingerprint density at radius 2 is 2.07 bits per heavy atom. The Hall–Kier alpha value is -2.39. The van der Waals surface area contributed by atoms with Gasteiger partial charge in [-0.25, -0.2) is 12.8 Å². The summed E-state index contributed by atoms with van der Waals surface area (Å²) in [5.41, 5.74) is 0.459. The molecule has 1 atom stereocenters. The van der Waals surface area contributed by atoms with Crippen LogP contribution in [-0.4, -0.2) is 38.7 Å². The van der Waals surface area contributed by atoms with Gasteiger partial charge < -0.3 is 10.2 Å². The Labute approximate surface area is 160 Å². The number of para-hydroxylation sites is 1. The van der Waals surface area contributed by atoms with Crippen molar-refractivity contribution in [2.45, 2.75) is 17.4 Å². The van der Waals surface area contributed by atoms with Gasteiger partial charge in [0.25, 0.3) is 0 Å². The summed E-state index contributed by atoms with van der Waals surface area (Å²) < 4.78 is 37.0. The Morgan fingerprint density at radius 3 is 2.70 bits per heavy atom. The lowest BCUT2D eigenvalue weighted by Crippen LogP contribution is -2.26. The van der Waals surface area contributed by atoms with Crippen molar-refractivity contribution in [3.8, 4) is 0 Å². The normalized spacial score (nSPS) is 17.1. The monoisotopic (exact) mass is 413 g/mol. The van der Waals surface area contributed by atoms with E-state index in [9.17, 15) is 22.9 Å². The second kappa shape index (κ2) is 7.32. The lowest BCUT2D eigenvalue weighted by Gasteiger charge is -2.20. The van der Waals surface area contributed by atoms with E-state index in [1.54, 1.807) is 6.07 Å². The molecular formula is C17H17ClFN3O4S. The van der Waals surface area contributed by atoms with Crippen LogP contribution in [-0.2, 0) is 9.84 Å². The van der Waals surface area contributed by atoms with Crippen LogP contribution < -0.4 is 10.2 Å². The molecule has 1 heterocycles. The fourth-order valence-electron chi connectivity index (χ4n) is 3.14. The lowest BCUT2D eigenvalue weighted by atomic mass is 10.2. The summed E-state index contributed by atoms with van der Waals surface area (Å²) in [5, 5.41) is 14.6.